The maximum absolute atomic E-state index is 13.0. The Morgan fingerprint density at radius 1 is 1.17 bits per heavy atom. The molecule has 8 heteroatoms. The number of rotatable bonds is 8. The van der Waals surface area contributed by atoms with Crippen molar-refractivity contribution in [3.63, 3.8) is 0 Å². The van der Waals surface area contributed by atoms with E-state index in [2.05, 4.69) is 11.9 Å². The third-order valence-electron chi connectivity index (χ3n) is 5.44. The quantitative estimate of drug-likeness (QED) is 0.636. The number of amides is 2. The number of hydrogen-bond donors (Lipinski definition) is 1. The van der Waals surface area contributed by atoms with Crippen molar-refractivity contribution in [3.8, 4) is 0 Å². The molecule has 1 heterocycles. The third kappa shape index (κ3) is 5.49. The highest BCUT2D eigenvalue weighted by atomic mass is 32.2. The van der Waals surface area contributed by atoms with Crippen molar-refractivity contribution < 1.29 is 18.0 Å². The van der Waals surface area contributed by atoms with Crippen LogP contribution in [0.2, 0.25) is 0 Å². The summed E-state index contributed by atoms with van der Waals surface area (Å²) in [7, 11) is -3.67. The predicted octanol–water partition coefficient (Wildman–Crippen LogP) is 2.65. The number of piperidine rings is 1. The summed E-state index contributed by atoms with van der Waals surface area (Å²) in [5.41, 5.74) is 1.35. The Kier molecular flexibility index (Phi) is 8.20. The maximum Gasteiger partial charge on any atom is 0.251 e. The van der Waals surface area contributed by atoms with Gasteiger partial charge in [-0.15, -0.1) is 0 Å². The van der Waals surface area contributed by atoms with Gasteiger partial charge in [-0.2, -0.15) is 4.31 Å². The molecule has 1 aromatic carbocycles. The Morgan fingerprint density at radius 3 is 2.30 bits per heavy atom. The van der Waals surface area contributed by atoms with Crippen molar-refractivity contribution in [3.05, 3.63) is 42.0 Å². The van der Waals surface area contributed by atoms with Crippen LogP contribution in [0.5, 0.6) is 0 Å². The highest BCUT2D eigenvalue weighted by Gasteiger charge is 2.30. The zero-order valence-corrected chi connectivity index (χ0v) is 19.2. The molecule has 0 aromatic heterocycles. The summed E-state index contributed by atoms with van der Waals surface area (Å²) in [5.74, 6) is -0.674. The van der Waals surface area contributed by atoms with Gasteiger partial charge in [0.2, 0.25) is 15.9 Å². The Balaban J connectivity index is 2.21. The highest BCUT2D eigenvalue weighted by molar-refractivity contribution is 7.89. The molecule has 1 saturated heterocycles. The summed E-state index contributed by atoms with van der Waals surface area (Å²) >= 11 is 0. The first kappa shape index (κ1) is 24.1. The zero-order chi connectivity index (χ0) is 22.5. The molecule has 0 radical (unpaired) electrons. The van der Waals surface area contributed by atoms with Crippen molar-refractivity contribution in [2.45, 2.75) is 51.5 Å². The van der Waals surface area contributed by atoms with E-state index < -0.39 is 22.0 Å². The number of hydrogen-bond acceptors (Lipinski definition) is 4. The molecule has 0 aliphatic carbocycles. The van der Waals surface area contributed by atoms with Gasteiger partial charge in [-0.25, -0.2) is 8.42 Å². The molecule has 0 saturated carbocycles. The zero-order valence-electron chi connectivity index (χ0n) is 18.3. The Bertz CT molecular complexity index is 881. The Morgan fingerprint density at radius 2 is 1.77 bits per heavy atom. The molecule has 166 valence electrons. The molecule has 1 unspecified atom stereocenters. The van der Waals surface area contributed by atoms with E-state index >= 15 is 0 Å². The molecule has 1 aliphatic heterocycles. The molecule has 30 heavy (non-hydrogen) atoms. The fraction of sp³-hybridized carbons (Fsp3) is 0.545. The number of sulfonamides is 1. The molecular formula is C22H33N3O4S. The first-order valence-corrected chi connectivity index (χ1v) is 11.9. The van der Waals surface area contributed by atoms with Crippen LogP contribution in [0.4, 0.5) is 0 Å². The van der Waals surface area contributed by atoms with E-state index in [1.54, 1.807) is 30.9 Å². The van der Waals surface area contributed by atoms with E-state index in [0.717, 1.165) is 18.4 Å². The van der Waals surface area contributed by atoms with Crippen LogP contribution in [-0.4, -0.2) is 61.7 Å². The molecule has 1 N–H and O–H groups in total. The summed E-state index contributed by atoms with van der Waals surface area (Å²) in [6.07, 6.45) is 1.55. The Hall–Kier alpha value is -2.19. The van der Waals surface area contributed by atoms with Gasteiger partial charge in [0.1, 0.15) is 6.04 Å². The lowest BCUT2D eigenvalue weighted by molar-refractivity contribution is -0.134. The van der Waals surface area contributed by atoms with Gasteiger partial charge in [0.15, 0.2) is 0 Å². The second kappa shape index (κ2) is 10.2. The van der Waals surface area contributed by atoms with Crippen LogP contribution in [0.15, 0.2) is 41.3 Å². The van der Waals surface area contributed by atoms with Crippen LogP contribution in [-0.2, 0) is 14.8 Å². The van der Waals surface area contributed by atoms with Crippen LogP contribution in [0.3, 0.4) is 0 Å². The molecule has 1 atom stereocenters. The molecule has 0 spiro atoms. The molecule has 2 rings (SSSR count). The number of carbonyl (C=O) groups is 2. The van der Waals surface area contributed by atoms with Crippen LogP contribution < -0.4 is 5.32 Å². The molecule has 2 amide bonds. The van der Waals surface area contributed by atoms with Crippen LogP contribution in [0.1, 0.15) is 50.9 Å². The van der Waals surface area contributed by atoms with E-state index in [0.29, 0.717) is 26.2 Å². The molecule has 1 fully saturated rings. The van der Waals surface area contributed by atoms with Gasteiger partial charge in [0.25, 0.3) is 5.91 Å². The molecule has 7 nitrogen and oxygen atoms in total. The van der Waals surface area contributed by atoms with Gasteiger partial charge < -0.3 is 10.2 Å². The molecule has 1 aliphatic rings. The first-order valence-electron chi connectivity index (χ1n) is 10.5. The first-order chi connectivity index (χ1) is 14.1. The Labute approximate surface area is 180 Å². The summed E-state index contributed by atoms with van der Waals surface area (Å²) in [4.78, 5) is 27.7. The van der Waals surface area contributed by atoms with Gasteiger partial charge in [-0.1, -0.05) is 45.9 Å². The molecular weight excluding hydrogens is 402 g/mol. The van der Waals surface area contributed by atoms with Gasteiger partial charge >= 0.3 is 0 Å². The van der Waals surface area contributed by atoms with Crippen LogP contribution >= 0.6 is 0 Å². The van der Waals surface area contributed by atoms with Gasteiger partial charge in [0, 0.05) is 31.7 Å². The average Bonchev–Trinajstić information content (AvgIpc) is 2.72. The topological polar surface area (TPSA) is 86.8 Å². The standard InChI is InChI=1S/C22H33N3O4S/c1-6-25(7-2)30(28,29)19-10-8-9-18(15-19)21(26)23-20(16(3)4)22(27)24-13-11-17(5)12-14-24/h8-10,15-16,20H,5-7,11-14H2,1-4H3,(H,23,26). The van der Waals surface area contributed by atoms with Crippen molar-refractivity contribution in [1.82, 2.24) is 14.5 Å². The largest absolute Gasteiger partial charge is 0.340 e. The van der Waals surface area contributed by atoms with Gasteiger partial charge in [-0.3, -0.25) is 9.59 Å². The SMILES string of the molecule is C=C1CCN(C(=O)C(NC(=O)c2cccc(S(=O)(=O)N(CC)CC)c2)C(C)C)CC1. The lowest BCUT2D eigenvalue weighted by Gasteiger charge is -2.33. The van der Waals surface area contributed by atoms with Crippen LogP contribution in [0.25, 0.3) is 0 Å². The average molecular weight is 436 g/mol. The van der Waals surface area contributed by atoms with E-state index in [1.165, 1.54) is 16.4 Å². The second-order valence-electron chi connectivity index (χ2n) is 7.89. The minimum absolute atomic E-state index is 0.0702. The number of carbonyl (C=O) groups excluding carboxylic acids is 2. The third-order valence-corrected chi connectivity index (χ3v) is 7.49. The molecule has 1 aromatic rings. The van der Waals surface area contributed by atoms with E-state index in [1.807, 2.05) is 13.8 Å². The highest BCUT2D eigenvalue weighted by Crippen LogP contribution is 2.19. The smallest absolute Gasteiger partial charge is 0.251 e. The minimum atomic E-state index is -3.67. The predicted molar refractivity (Wildman–Crippen MR) is 118 cm³/mol. The van der Waals surface area contributed by atoms with Crippen molar-refractivity contribution >= 4 is 21.8 Å². The second-order valence-corrected chi connectivity index (χ2v) is 9.83. The van der Waals surface area contributed by atoms with Crippen molar-refractivity contribution in [2.75, 3.05) is 26.2 Å². The summed E-state index contributed by atoms with van der Waals surface area (Å²) < 4.78 is 26.9. The normalized spacial score (nSPS) is 16.1. The monoisotopic (exact) mass is 435 g/mol. The fourth-order valence-electron chi connectivity index (χ4n) is 3.49. The van der Waals surface area contributed by atoms with E-state index in [4.69, 9.17) is 0 Å². The number of likely N-dealkylation sites (tertiary alicyclic amines) is 1. The van der Waals surface area contributed by atoms with Crippen molar-refractivity contribution in [2.24, 2.45) is 5.92 Å². The fourth-order valence-corrected chi connectivity index (χ4v) is 4.99. The van der Waals surface area contributed by atoms with E-state index in [9.17, 15) is 18.0 Å². The van der Waals surface area contributed by atoms with E-state index in [-0.39, 0.29) is 22.3 Å². The van der Waals surface area contributed by atoms with Crippen LogP contribution in [0, 0.1) is 5.92 Å². The van der Waals surface area contributed by atoms with Gasteiger partial charge in [0.05, 0.1) is 4.90 Å². The lowest BCUT2D eigenvalue weighted by atomic mass is 9.99. The summed E-state index contributed by atoms with van der Waals surface area (Å²) in [6, 6.07) is 5.29. The number of nitrogens with one attached hydrogen (secondary N) is 1. The number of benzene rings is 1. The summed E-state index contributed by atoms with van der Waals surface area (Å²) in [5, 5.41) is 2.82. The lowest BCUT2D eigenvalue weighted by Crippen LogP contribution is -2.52. The van der Waals surface area contributed by atoms with Crippen molar-refractivity contribution in [1.29, 1.82) is 0 Å². The number of nitrogens with zero attached hydrogens (tertiary/aromatic N) is 2. The summed E-state index contributed by atoms with van der Waals surface area (Å²) in [6.45, 7) is 13.2. The molecule has 0 bridgehead atoms. The maximum atomic E-state index is 13.0. The minimum Gasteiger partial charge on any atom is -0.340 e. The van der Waals surface area contributed by atoms with Gasteiger partial charge in [-0.05, 0) is 37.0 Å².